The van der Waals surface area contributed by atoms with E-state index in [-0.39, 0.29) is 37.5 Å². The molecule has 470 valence electrons. The van der Waals surface area contributed by atoms with Gasteiger partial charge >= 0.3 is 17.9 Å². The van der Waals surface area contributed by atoms with Crippen LogP contribution >= 0.6 is 0 Å². The average Bonchev–Trinajstić information content (AvgIpc) is 3.47. The van der Waals surface area contributed by atoms with Crippen LogP contribution in [-0.4, -0.2) is 37.2 Å². The molecule has 6 nitrogen and oxygen atoms in total. The second kappa shape index (κ2) is 69.6. The minimum Gasteiger partial charge on any atom is -0.462 e. The Bertz CT molecular complexity index is 1640. The van der Waals surface area contributed by atoms with E-state index < -0.39 is 6.10 Å². The fourth-order valence-corrected chi connectivity index (χ4v) is 9.88. The molecule has 0 heterocycles. The third kappa shape index (κ3) is 66.9. The molecule has 0 aliphatic rings. The summed E-state index contributed by atoms with van der Waals surface area (Å²) in [7, 11) is 0. The van der Waals surface area contributed by atoms with Crippen molar-refractivity contribution < 1.29 is 28.6 Å². The van der Waals surface area contributed by atoms with Gasteiger partial charge in [0.25, 0.3) is 0 Å². The molecule has 0 radical (unpaired) electrons. The molecule has 0 aromatic heterocycles. The molecule has 6 heteroatoms. The van der Waals surface area contributed by atoms with Crippen LogP contribution < -0.4 is 0 Å². The van der Waals surface area contributed by atoms with E-state index in [9.17, 15) is 14.4 Å². The molecule has 0 fully saturated rings. The molecular formula is C76H130O6. The molecule has 0 aromatic carbocycles. The van der Waals surface area contributed by atoms with Gasteiger partial charge in [-0.25, -0.2) is 0 Å². The molecule has 0 saturated carbocycles. The Kier molecular flexibility index (Phi) is 66.2. The Morgan fingerprint density at radius 2 is 0.476 bits per heavy atom. The zero-order valence-electron chi connectivity index (χ0n) is 54.0. The smallest absolute Gasteiger partial charge is 0.306 e. The third-order valence-corrected chi connectivity index (χ3v) is 15.0. The van der Waals surface area contributed by atoms with Crippen molar-refractivity contribution in [2.45, 2.75) is 341 Å². The van der Waals surface area contributed by atoms with Crippen molar-refractivity contribution in [1.82, 2.24) is 0 Å². The quantitative estimate of drug-likeness (QED) is 0.0261. The van der Waals surface area contributed by atoms with Gasteiger partial charge in [-0.3, -0.25) is 14.4 Å². The van der Waals surface area contributed by atoms with Gasteiger partial charge in [-0.15, -0.1) is 0 Å². The van der Waals surface area contributed by atoms with E-state index in [0.29, 0.717) is 12.8 Å². The molecule has 1 unspecified atom stereocenters. The minimum atomic E-state index is -0.809. The van der Waals surface area contributed by atoms with Crippen molar-refractivity contribution in [3.63, 3.8) is 0 Å². The number of hydrogen-bond donors (Lipinski definition) is 0. The lowest BCUT2D eigenvalue weighted by molar-refractivity contribution is -0.167. The maximum atomic E-state index is 12.9. The van der Waals surface area contributed by atoms with Crippen molar-refractivity contribution >= 4 is 17.9 Å². The highest BCUT2D eigenvalue weighted by Gasteiger charge is 2.19. The van der Waals surface area contributed by atoms with Crippen molar-refractivity contribution in [3.05, 3.63) is 109 Å². The maximum Gasteiger partial charge on any atom is 0.306 e. The van der Waals surface area contributed by atoms with Gasteiger partial charge in [-0.1, -0.05) is 323 Å². The summed E-state index contributed by atoms with van der Waals surface area (Å²) in [4.78, 5) is 38.4. The molecule has 0 rings (SSSR count). The van der Waals surface area contributed by atoms with Crippen molar-refractivity contribution in [2.24, 2.45) is 0 Å². The Morgan fingerprint density at radius 1 is 0.256 bits per heavy atom. The van der Waals surface area contributed by atoms with Crippen LogP contribution in [0.1, 0.15) is 335 Å². The van der Waals surface area contributed by atoms with Crippen LogP contribution in [0, 0.1) is 0 Å². The van der Waals surface area contributed by atoms with Gasteiger partial charge in [0, 0.05) is 19.3 Å². The van der Waals surface area contributed by atoms with Gasteiger partial charge < -0.3 is 14.2 Å². The summed E-state index contributed by atoms with van der Waals surface area (Å²) in [6, 6.07) is 0. The second-order valence-electron chi connectivity index (χ2n) is 23.0. The monoisotopic (exact) mass is 1140 g/mol. The van der Waals surface area contributed by atoms with Crippen LogP contribution in [0.5, 0.6) is 0 Å². The van der Waals surface area contributed by atoms with E-state index >= 15 is 0 Å². The first-order chi connectivity index (χ1) is 40.5. The summed E-state index contributed by atoms with van der Waals surface area (Å²) in [5.41, 5.74) is 0. The van der Waals surface area contributed by atoms with Crippen LogP contribution in [0.2, 0.25) is 0 Å². The zero-order chi connectivity index (χ0) is 59.2. The molecule has 0 bridgehead atoms. The van der Waals surface area contributed by atoms with Crippen LogP contribution in [-0.2, 0) is 28.6 Å². The summed E-state index contributed by atoms with van der Waals surface area (Å²) in [5.74, 6) is -0.944. The largest absolute Gasteiger partial charge is 0.462 e. The van der Waals surface area contributed by atoms with Crippen molar-refractivity contribution in [2.75, 3.05) is 13.2 Å². The molecule has 0 aliphatic heterocycles. The van der Waals surface area contributed by atoms with Crippen LogP contribution in [0.15, 0.2) is 109 Å². The molecule has 0 aliphatic carbocycles. The number of esters is 3. The lowest BCUT2D eigenvalue weighted by Crippen LogP contribution is -2.30. The topological polar surface area (TPSA) is 78.9 Å². The third-order valence-electron chi connectivity index (χ3n) is 15.0. The molecule has 0 saturated heterocycles. The van der Waals surface area contributed by atoms with Crippen molar-refractivity contribution in [1.29, 1.82) is 0 Å². The minimum absolute atomic E-state index is 0.0985. The Hall–Kier alpha value is -3.93. The molecule has 82 heavy (non-hydrogen) atoms. The average molecular weight is 1140 g/mol. The highest BCUT2D eigenvalue weighted by molar-refractivity contribution is 5.71. The van der Waals surface area contributed by atoms with Gasteiger partial charge in [0.2, 0.25) is 0 Å². The number of ether oxygens (including phenoxy) is 3. The van der Waals surface area contributed by atoms with Crippen LogP contribution in [0.25, 0.3) is 0 Å². The van der Waals surface area contributed by atoms with E-state index in [1.807, 2.05) is 0 Å². The standard InChI is InChI=1S/C76H130O6/c1-4-7-10-13-16-19-22-25-28-31-33-34-35-36-37-38-39-40-41-43-45-48-51-54-57-60-63-66-69-75(78)81-72-73(71-80-74(77)68-65-62-59-56-53-50-47-44-30-27-24-21-18-15-12-9-6-3)82-76(79)70-67-64-61-58-55-52-49-46-42-32-29-26-23-20-17-14-11-8-5-2/h8-9,11-12,17-18,20-21,26-27,29-30,42,46-47,50,52,55,73H,4-7,10,13-16,19,22-25,28,31-41,43-45,48-49,51,53-54,56-72H2,1-3H3/b11-8-,12-9-,20-17-,21-18-,29-26-,30-27-,46-42-,50-47-,55-52-. The van der Waals surface area contributed by atoms with Crippen LogP contribution in [0.4, 0.5) is 0 Å². The van der Waals surface area contributed by atoms with Gasteiger partial charge in [0.15, 0.2) is 6.10 Å². The molecule has 0 spiro atoms. The molecule has 0 N–H and O–H groups in total. The van der Waals surface area contributed by atoms with E-state index in [2.05, 4.69) is 130 Å². The Morgan fingerprint density at radius 3 is 0.756 bits per heavy atom. The Balaban J connectivity index is 4.35. The summed E-state index contributed by atoms with van der Waals surface area (Å²) < 4.78 is 16.9. The number of allylic oxidation sites excluding steroid dienone is 18. The summed E-state index contributed by atoms with van der Waals surface area (Å²) in [6.45, 7) is 6.40. The number of unbranched alkanes of at least 4 members (excludes halogenated alkanes) is 34. The zero-order valence-corrected chi connectivity index (χ0v) is 54.0. The molecule has 0 aromatic rings. The summed E-state index contributed by atoms with van der Waals surface area (Å²) in [5, 5.41) is 0. The number of carbonyl (C=O) groups excluding carboxylic acids is 3. The van der Waals surface area contributed by atoms with Gasteiger partial charge in [0.05, 0.1) is 0 Å². The van der Waals surface area contributed by atoms with E-state index in [0.717, 1.165) is 135 Å². The molecule has 1 atom stereocenters. The maximum absolute atomic E-state index is 12.9. The van der Waals surface area contributed by atoms with Crippen molar-refractivity contribution in [3.8, 4) is 0 Å². The summed E-state index contributed by atoms with van der Waals surface area (Å²) >= 11 is 0. The fourth-order valence-electron chi connectivity index (χ4n) is 9.88. The van der Waals surface area contributed by atoms with E-state index in [1.54, 1.807) is 0 Å². The normalized spacial score (nSPS) is 12.8. The van der Waals surface area contributed by atoms with Gasteiger partial charge in [-0.05, 0) is 103 Å². The van der Waals surface area contributed by atoms with Gasteiger partial charge in [0.1, 0.15) is 13.2 Å². The van der Waals surface area contributed by atoms with Gasteiger partial charge in [-0.2, -0.15) is 0 Å². The number of carbonyl (C=O) groups is 3. The molecule has 0 amide bonds. The molecular weight excluding hydrogens is 1010 g/mol. The number of rotatable bonds is 63. The first kappa shape index (κ1) is 78.1. The highest BCUT2D eigenvalue weighted by atomic mass is 16.6. The lowest BCUT2D eigenvalue weighted by Gasteiger charge is -2.18. The first-order valence-electron chi connectivity index (χ1n) is 34.9. The number of hydrogen-bond acceptors (Lipinski definition) is 6. The predicted molar refractivity (Wildman–Crippen MR) is 357 cm³/mol. The highest BCUT2D eigenvalue weighted by Crippen LogP contribution is 2.18. The predicted octanol–water partition coefficient (Wildman–Crippen LogP) is 24.2. The summed E-state index contributed by atoms with van der Waals surface area (Å²) in [6.07, 6.45) is 95.5. The van der Waals surface area contributed by atoms with E-state index in [4.69, 9.17) is 14.2 Å². The SMILES string of the molecule is CC/C=C\C/C=C\C/C=C\C/C=C\C/C=C\CCCCCC(=O)OC(COC(=O)CCCCCC/C=C\C/C=C\C/C=C\C/C=C\CC)COC(=O)CCCCCCCCCCCCCCCCCCCCCCCCCCCCCC. The Labute approximate surface area is 508 Å². The van der Waals surface area contributed by atoms with Crippen LogP contribution in [0.3, 0.4) is 0 Å². The fraction of sp³-hybridized carbons (Fsp3) is 0.724. The lowest BCUT2D eigenvalue weighted by atomic mass is 10.0. The first-order valence-corrected chi connectivity index (χ1v) is 34.9. The van der Waals surface area contributed by atoms with E-state index in [1.165, 1.54) is 161 Å². The second-order valence-corrected chi connectivity index (χ2v) is 23.0.